The molecule has 0 fully saturated rings. The van der Waals surface area contributed by atoms with E-state index in [1.165, 1.54) is 0 Å². The van der Waals surface area contributed by atoms with Crippen molar-refractivity contribution in [3.63, 3.8) is 0 Å². The third-order valence-corrected chi connectivity index (χ3v) is 4.96. The fraction of sp³-hybridized carbons (Fsp3) is 0.174. The number of imidazole rings is 1. The van der Waals surface area contributed by atoms with Crippen molar-refractivity contribution in [1.82, 2.24) is 9.97 Å². The molecule has 1 aliphatic rings. The Balaban J connectivity index is 1.45. The molecule has 0 atom stereocenters. The first kappa shape index (κ1) is 18.7. The normalized spacial score (nSPS) is 14.6. The van der Waals surface area contributed by atoms with Crippen molar-refractivity contribution in [1.29, 1.82) is 0 Å². The quantitative estimate of drug-likeness (QED) is 0.624. The van der Waals surface area contributed by atoms with Gasteiger partial charge in [0.2, 0.25) is 0 Å². The lowest BCUT2D eigenvalue weighted by molar-refractivity contribution is 0.0696. The van der Waals surface area contributed by atoms with Crippen molar-refractivity contribution in [2.75, 3.05) is 6.61 Å². The number of Topliss-reactive ketones (excluding diaryl/α,β-unsaturated/α-hetero) is 1. The maximum atomic E-state index is 12.9. The highest BCUT2D eigenvalue weighted by Gasteiger charge is 2.22. The SMILES string of the molecule is O=C(O)c1ccc(/C=C2\CCc3cc(OCCc4c[nH]cn4)ccc3C2=O)cc1. The number of aromatic carboxylic acids is 1. The lowest BCUT2D eigenvalue weighted by Gasteiger charge is -2.18. The molecule has 0 saturated heterocycles. The maximum absolute atomic E-state index is 12.9. The summed E-state index contributed by atoms with van der Waals surface area (Å²) in [6.07, 6.45) is 7.45. The van der Waals surface area contributed by atoms with Gasteiger partial charge in [0.15, 0.2) is 5.78 Å². The number of aromatic amines is 1. The van der Waals surface area contributed by atoms with E-state index in [2.05, 4.69) is 9.97 Å². The molecule has 2 N–H and O–H groups in total. The first-order chi connectivity index (χ1) is 14.1. The van der Waals surface area contributed by atoms with E-state index in [1.54, 1.807) is 30.6 Å². The molecule has 1 aliphatic carbocycles. The lowest BCUT2D eigenvalue weighted by atomic mass is 9.86. The minimum atomic E-state index is -0.964. The molecule has 0 unspecified atom stereocenters. The summed E-state index contributed by atoms with van der Waals surface area (Å²) in [6, 6.07) is 12.1. The van der Waals surface area contributed by atoms with E-state index in [0.717, 1.165) is 34.6 Å². The third kappa shape index (κ3) is 4.27. The average Bonchev–Trinajstić information content (AvgIpc) is 3.24. The van der Waals surface area contributed by atoms with Crippen molar-refractivity contribution < 1.29 is 19.4 Å². The number of carbonyl (C=O) groups excluding carboxylic acids is 1. The second-order valence-electron chi connectivity index (χ2n) is 6.90. The zero-order valence-corrected chi connectivity index (χ0v) is 15.7. The smallest absolute Gasteiger partial charge is 0.335 e. The number of aryl methyl sites for hydroxylation is 1. The highest BCUT2D eigenvalue weighted by atomic mass is 16.5. The van der Waals surface area contributed by atoms with Gasteiger partial charge in [-0.05, 0) is 60.4 Å². The summed E-state index contributed by atoms with van der Waals surface area (Å²) in [7, 11) is 0. The molecular formula is C23H20N2O4. The molecule has 0 spiro atoms. The number of H-pyrrole nitrogens is 1. The van der Waals surface area contributed by atoms with E-state index >= 15 is 0 Å². The summed E-state index contributed by atoms with van der Waals surface area (Å²) in [5.41, 5.74) is 4.42. The number of fused-ring (bicyclic) bond motifs is 1. The van der Waals surface area contributed by atoms with Crippen LogP contribution in [0.4, 0.5) is 0 Å². The maximum Gasteiger partial charge on any atom is 0.335 e. The van der Waals surface area contributed by atoms with Crippen LogP contribution >= 0.6 is 0 Å². The molecule has 1 aromatic heterocycles. The van der Waals surface area contributed by atoms with Crippen molar-refractivity contribution in [2.24, 2.45) is 0 Å². The number of benzene rings is 2. The fourth-order valence-electron chi connectivity index (χ4n) is 3.41. The van der Waals surface area contributed by atoms with Gasteiger partial charge in [-0.15, -0.1) is 0 Å². The second-order valence-corrected chi connectivity index (χ2v) is 6.90. The Hall–Kier alpha value is -3.67. The predicted octanol–water partition coefficient (Wildman–Crippen LogP) is 3.94. The van der Waals surface area contributed by atoms with Crippen LogP contribution in [-0.4, -0.2) is 33.4 Å². The number of rotatable bonds is 6. The van der Waals surface area contributed by atoms with Gasteiger partial charge in [0.05, 0.1) is 24.2 Å². The number of carbonyl (C=O) groups is 2. The number of allylic oxidation sites excluding steroid dienone is 1. The van der Waals surface area contributed by atoms with Crippen LogP contribution in [0.15, 0.2) is 60.6 Å². The van der Waals surface area contributed by atoms with E-state index < -0.39 is 5.97 Å². The second kappa shape index (κ2) is 8.14. The topological polar surface area (TPSA) is 92.3 Å². The molecule has 0 radical (unpaired) electrons. The molecular weight excluding hydrogens is 368 g/mol. The summed E-state index contributed by atoms with van der Waals surface area (Å²) >= 11 is 0. The van der Waals surface area contributed by atoms with Crippen LogP contribution in [0.3, 0.4) is 0 Å². The van der Waals surface area contributed by atoms with Gasteiger partial charge in [0.25, 0.3) is 0 Å². The van der Waals surface area contributed by atoms with Gasteiger partial charge in [-0.25, -0.2) is 9.78 Å². The molecule has 4 rings (SSSR count). The molecule has 2 aromatic carbocycles. The summed E-state index contributed by atoms with van der Waals surface area (Å²) in [6.45, 7) is 0.523. The number of hydrogen-bond donors (Lipinski definition) is 2. The molecule has 29 heavy (non-hydrogen) atoms. The van der Waals surface area contributed by atoms with E-state index in [9.17, 15) is 9.59 Å². The number of hydrogen-bond acceptors (Lipinski definition) is 4. The Morgan fingerprint density at radius 2 is 2.00 bits per heavy atom. The molecule has 0 amide bonds. The number of ether oxygens (including phenoxy) is 1. The summed E-state index contributed by atoms with van der Waals surface area (Å²) < 4.78 is 5.81. The van der Waals surface area contributed by atoms with Crippen molar-refractivity contribution in [3.8, 4) is 5.75 Å². The van der Waals surface area contributed by atoms with Gasteiger partial charge in [-0.2, -0.15) is 0 Å². The first-order valence-corrected chi connectivity index (χ1v) is 9.42. The molecule has 6 nitrogen and oxygen atoms in total. The van der Waals surface area contributed by atoms with Crippen molar-refractivity contribution in [2.45, 2.75) is 19.3 Å². The van der Waals surface area contributed by atoms with Gasteiger partial charge >= 0.3 is 5.97 Å². The molecule has 3 aromatic rings. The monoisotopic (exact) mass is 388 g/mol. The number of ketones is 1. The minimum absolute atomic E-state index is 0.0108. The highest BCUT2D eigenvalue weighted by molar-refractivity contribution is 6.13. The molecule has 0 aliphatic heterocycles. The van der Waals surface area contributed by atoms with Crippen molar-refractivity contribution >= 4 is 17.8 Å². The van der Waals surface area contributed by atoms with E-state index in [4.69, 9.17) is 9.84 Å². The average molecular weight is 388 g/mol. The number of carboxylic acid groups (broad SMARTS) is 1. The van der Waals surface area contributed by atoms with Crippen LogP contribution in [0.5, 0.6) is 5.75 Å². The molecule has 6 heteroatoms. The first-order valence-electron chi connectivity index (χ1n) is 9.42. The molecule has 0 bridgehead atoms. The van der Waals surface area contributed by atoms with E-state index in [1.807, 2.05) is 30.5 Å². The van der Waals surface area contributed by atoms with Crippen LogP contribution in [-0.2, 0) is 12.8 Å². The van der Waals surface area contributed by atoms with Gasteiger partial charge in [0.1, 0.15) is 5.75 Å². The lowest BCUT2D eigenvalue weighted by Crippen LogP contribution is -2.14. The number of nitrogens with zero attached hydrogens (tertiary/aromatic N) is 1. The molecule has 0 saturated carbocycles. The predicted molar refractivity (Wildman–Crippen MR) is 108 cm³/mol. The third-order valence-electron chi connectivity index (χ3n) is 4.96. The van der Waals surface area contributed by atoms with Crippen LogP contribution in [0.2, 0.25) is 0 Å². The Morgan fingerprint density at radius 1 is 1.17 bits per heavy atom. The van der Waals surface area contributed by atoms with Crippen LogP contribution in [0, 0.1) is 0 Å². The Labute approximate surface area is 167 Å². The summed E-state index contributed by atoms with van der Waals surface area (Å²) in [5, 5.41) is 8.99. The number of nitrogens with one attached hydrogen (secondary N) is 1. The fourth-order valence-corrected chi connectivity index (χ4v) is 3.41. The Morgan fingerprint density at radius 3 is 2.72 bits per heavy atom. The van der Waals surface area contributed by atoms with Gasteiger partial charge in [-0.3, -0.25) is 4.79 Å². The van der Waals surface area contributed by atoms with Gasteiger partial charge in [0, 0.05) is 23.8 Å². The Bertz CT molecular complexity index is 1070. The zero-order valence-electron chi connectivity index (χ0n) is 15.7. The minimum Gasteiger partial charge on any atom is -0.493 e. The zero-order chi connectivity index (χ0) is 20.2. The number of carboxylic acids is 1. The van der Waals surface area contributed by atoms with E-state index in [0.29, 0.717) is 25.0 Å². The molecule has 146 valence electrons. The Kier molecular flexibility index (Phi) is 5.24. The number of aromatic nitrogens is 2. The molecule has 1 heterocycles. The van der Waals surface area contributed by atoms with Gasteiger partial charge in [-0.1, -0.05) is 12.1 Å². The van der Waals surface area contributed by atoms with Crippen LogP contribution in [0.25, 0.3) is 6.08 Å². The van der Waals surface area contributed by atoms with Gasteiger partial charge < -0.3 is 14.8 Å². The summed E-state index contributed by atoms with van der Waals surface area (Å²) in [5.74, 6) is -0.199. The summed E-state index contributed by atoms with van der Waals surface area (Å²) in [4.78, 5) is 30.9. The largest absolute Gasteiger partial charge is 0.493 e. The van der Waals surface area contributed by atoms with E-state index in [-0.39, 0.29) is 11.3 Å². The van der Waals surface area contributed by atoms with Crippen LogP contribution < -0.4 is 4.74 Å². The van der Waals surface area contributed by atoms with Crippen molar-refractivity contribution in [3.05, 3.63) is 88.5 Å². The standard InChI is InChI=1S/C23H20N2O4/c26-22-18(11-15-1-3-16(4-2-15)23(27)28)6-5-17-12-20(7-8-21(17)22)29-10-9-19-13-24-14-25-19/h1-4,7-8,11-14H,5-6,9-10H2,(H,24,25)(H,27,28)/b18-11+. The highest BCUT2D eigenvalue weighted by Crippen LogP contribution is 2.29. The van der Waals surface area contributed by atoms with Crippen LogP contribution in [0.1, 0.15) is 44.0 Å².